The van der Waals surface area contributed by atoms with E-state index >= 15 is 0 Å². The highest BCUT2D eigenvalue weighted by atomic mass is 19.1. The number of nitrogens with one attached hydrogen (secondary N) is 1. The third-order valence-electron chi connectivity index (χ3n) is 4.63. The van der Waals surface area contributed by atoms with E-state index in [1.165, 1.54) is 19.2 Å². The van der Waals surface area contributed by atoms with Crippen molar-refractivity contribution in [2.45, 2.75) is 13.8 Å². The first-order chi connectivity index (χ1) is 12.4. The Bertz CT molecular complexity index is 839. The molecule has 1 aliphatic heterocycles. The molecule has 0 atom stereocenters. The number of carbonyl (C=O) groups is 2. The monoisotopic (exact) mass is 359 g/mol. The lowest BCUT2D eigenvalue weighted by molar-refractivity contribution is 0.0535. The van der Waals surface area contributed by atoms with E-state index < -0.39 is 5.82 Å². The Hall–Kier alpha value is -2.83. The number of H-pyrrole nitrogens is 1. The van der Waals surface area contributed by atoms with Crippen LogP contribution in [0.1, 0.15) is 32.1 Å². The molecule has 7 heteroatoms. The van der Waals surface area contributed by atoms with Gasteiger partial charge in [-0.1, -0.05) is 0 Å². The van der Waals surface area contributed by atoms with E-state index in [4.69, 9.17) is 4.74 Å². The molecule has 1 fully saturated rings. The maximum absolute atomic E-state index is 13.8. The summed E-state index contributed by atoms with van der Waals surface area (Å²) in [5, 5.41) is 0. The Morgan fingerprint density at radius 2 is 1.65 bits per heavy atom. The number of halogens is 1. The summed E-state index contributed by atoms with van der Waals surface area (Å²) in [5.41, 5.74) is 2.74. The van der Waals surface area contributed by atoms with Gasteiger partial charge in [0.1, 0.15) is 0 Å². The average Bonchev–Trinajstić information content (AvgIpc) is 2.98. The Morgan fingerprint density at radius 3 is 2.15 bits per heavy atom. The number of hydrogen-bond donors (Lipinski definition) is 1. The van der Waals surface area contributed by atoms with E-state index in [9.17, 15) is 14.0 Å². The van der Waals surface area contributed by atoms with E-state index in [0.29, 0.717) is 31.7 Å². The number of amides is 2. The molecule has 1 saturated heterocycles. The molecule has 6 nitrogen and oxygen atoms in total. The Balaban J connectivity index is 1.64. The quantitative estimate of drug-likeness (QED) is 0.915. The van der Waals surface area contributed by atoms with E-state index in [-0.39, 0.29) is 23.1 Å². The first-order valence-corrected chi connectivity index (χ1v) is 8.49. The van der Waals surface area contributed by atoms with Gasteiger partial charge in [-0.2, -0.15) is 0 Å². The lowest BCUT2D eigenvalue weighted by atomic mass is 10.1. The van der Waals surface area contributed by atoms with Gasteiger partial charge in [0, 0.05) is 43.1 Å². The maximum Gasteiger partial charge on any atom is 0.255 e. The smallest absolute Gasteiger partial charge is 0.255 e. The van der Waals surface area contributed by atoms with Gasteiger partial charge in [0.2, 0.25) is 0 Å². The van der Waals surface area contributed by atoms with Gasteiger partial charge < -0.3 is 19.5 Å². The molecule has 3 rings (SSSR count). The first kappa shape index (κ1) is 18.0. The number of carbonyl (C=O) groups excluding carboxylic acids is 2. The number of methoxy groups -OCH3 is 1. The molecule has 0 unspecified atom stereocenters. The molecular formula is C19H22FN3O3. The minimum absolute atomic E-state index is 0.0329. The van der Waals surface area contributed by atoms with Crippen molar-refractivity contribution in [2.75, 3.05) is 33.3 Å². The molecule has 138 valence electrons. The van der Waals surface area contributed by atoms with Crippen LogP contribution in [-0.4, -0.2) is 59.9 Å². The summed E-state index contributed by atoms with van der Waals surface area (Å²) >= 11 is 0. The molecule has 0 saturated carbocycles. The zero-order valence-electron chi connectivity index (χ0n) is 15.1. The number of nitrogens with zero attached hydrogens (tertiary/aromatic N) is 2. The molecule has 26 heavy (non-hydrogen) atoms. The van der Waals surface area contributed by atoms with Gasteiger partial charge in [-0.3, -0.25) is 9.59 Å². The number of aromatic nitrogens is 1. The van der Waals surface area contributed by atoms with Crippen molar-refractivity contribution in [1.29, 1.82) is 0 Å². The number of ether oxygens (including phenoxy) is 1. The highest BCUT2D eigenvalue weighted by Gasteiger charge is 2.27. The number of aryl methyl sites for hydroxylation is 2. The van der Waals surface area contributed by atoms with Crippen molar-refractivity contribution in [3.63, 3.8) is 0 Å². The fraction of sp³-hybridized carbons (Fsp3) is 0.368. The van der Waals surface area contributed by atoms with Crippen LogP contribution in [0.4, 0.5) is 4.39 Å². The third kappa shape index (κ3) is 3.42. The van der Waals surface area contributed by atoms with Crippen molar-refractivity contribution >= 4 is 11.8 Å². The summed E-state index contributed by atoms with van der Waals surface area (Å²) in [7, 11) is 1.38. The molecule has 1 aliphatic rings. The van der Waals surface area contributed by atoms with Crippen LogP contribution in [0.5, 0.6) is 5.75 Å². The average molecular weight is 359 g/mol. The van der Waals surface area contributed by atoms with Crippen LogP contribution in [0.15, 0.2) is 24.3 Å². The molecule has 2 aromatic rings. The van der Waals surface area contributed by atoms with Crippen LogP contribution >= 0.6 is 0 Å². The molecule has 1 aromatic carbocycles. The van der Waals surface area contributed by atoms with E-state index in [1.807, 2.05) is 19.9 Å². The van der Waals surface area contributed by atoms with Gasteiger partial charge in [0.25, 0.3) is 11.8 Å². The fourth-order valence-electron chi connectivity index (χ4n) is 3.21. The van der Waals surface area contributed by atoms with Crippen molar-refractivity contribution in [2.24, 2.45) is 0 Å². The maximum atomic E-state index is 13.8. The van der Waals surface area contributed by atoms with E-state index in [0.717, 1.165) is 11.4 Å². The summed E-state index contributed by atoms with van der Waals surface area (Å²) in [6.07, 6.45) is 0. The van der Waals surface area contributed by atoms with E-state index in [1.54, 1.807) is 15.9 Å². The molecule has 0 spiro atoms. The van der Waals surface area contributed by atoms with Gasteiger partial charge in [-0.15, -0.1) is 0 Å². The summed E-state index contributed by atoms with van der Waals surface area (Å²) < 4.78 is 18.7. The number of hydrogen-bond acceptors (Lipinski definition) is 3. The minimum atomic E-state index is -0.564. The largest absolute Gasteiger partial charge is 0.494 e. The third-order valence-corrected chi connectivity index (χ3v) is 4.63. The zero-order chi connectivity index (χ0) is 18.8. The molecule has 1 aromatic heterocycles. The van der Waals surface area contributed by atoms with Gasteiger partial charge >= 0.3 is 0 Å². The highest BCUT2D eigenvalue weighted by molar-refractivity contribution is 5.96. The normalized spacial score (nSPS) is 14.5. The van der Waals surface area contributed by atoms with Crippen LogP contribution in [0.3, 0.4) is 0 Å². The second-order valence-corrected chi connectivity index (χ2v) is 6.42. The molecular weight excluding hydrogens is 337 g/mol. The Labute approximate surface area is 151 Å². The van der Waals surface area contributed by atoms with Crippen LogP contribution in [0.2, 0.25) is 0 Å². The highest BCUT2D eigenvalue weighted by Crippen LogP contribution is 2.20. The van der Waals surface area contributed by atoms with Crippen LogP contribution < -0.4 is 4.74 Å². The Morgan fingerprint density at radius 1 is 1.04 bits per heavy atom. The van der Waals surface area contributed by atoms with Gasteiger partial charge in [-0.25, -0.2) is 4.39 Å². The molecule has 2 amide bonds. The predicted octanol–water partition coefficient (Wildman–Crippen LogP) is 2.38. The molecule has 1 N–H and O–H groups in total. The fourth-order valence-corrected chi connectivity index (χ4v) is 3.21. The van der Waals surface area contributed by atoms with Crippen molar-refractivity contribution < 1.29 is 18.7 Å². The number of rotatable bonds is 3. The SMILES string of the molecule is COc1ccc(C(=O)N2CCN(C(=O)c3cc(C)[nH]c3C)CC2)cc1F. The molecule has 0 aliphatic carbocycles. The van der Waals surface area contributed by atoms with Crippen LogP contribution in [-0.2, 0) is 0 Å². The second kappa shape index (κ2) is 7.19. The topological polar surface area (TPSA) is 65.6 Å². The van der Waals surface area contributed by atoms with Gasteiger partial charge in [-0.05, 0) is 38.1 Å². The van der Waals surface area contributed by atoms with Crippen molar-refractivity contribution in [3.8, 4) is 5.75 Å². The zero-order valence-corrected chi connectivity index (χ0v) is 15.1. The Kier molecular flexibility index (Phi) is 4.97. The first-order valence-electron chi connectivity index (χ1n) is 8.49. The van der Waals surface area contributed by atoms with Crippen molar-refractivity contribution in [3.05, 3.63) is 52.6 Å². The summed E-state index contributed by atoms with van der Waals surface area (Å²) in [6.45, 7) is 5.52. The minimum Gasteiger partial charge on any atom is -0.494 e. The number of piperazine rings is 1. The summed E-state index contributed by atoms with van der Waals surface area (Å²) in [4.78, 5) is 31.7. The molecule has 2 heterocycles. The van der Waals surface area contributed by atoms with Crippen LogP contribution in [0, 0.1) is 19.7 Å². The number of benzene rings is 1. The summed E-state index contributed by atoms with van der Waals surface area (Å²) in [6, 6.07) is 6.02. The lowest BCUT2D eigenvalue weighted by Crippen LogP contribution is -2.50. The van der Waals surface area contributed by atoms with E-state index in [2.05, 4.69) is 4.98 Å². The molecule has 0 bridgehead atoms. The van der Waals surface area contributed by atoms with Crippen molar-refractivity contribution in [1.82, 2.24) is 14.8 Å². The standard InChI is InChI=1S/C19H22FN3O3/c1-12-10-15(13(2)21-12)19(25)23-8-6-22(7-9-23)18(24)14-4-5-17(26-3)16(20)11-14/h4-5,10-11,21H,6-9H2,1-3H3. The predicted molar refractivity (Wildman–Crippen MR) is 95.0 cm³/mol. The number of aromatic amines is 1. The second-order valence-electron chi connectivity index (χ2n) is 6.42. The van der Waals surface area contributed by atoms with Gasteiger partial charge in [0.05, 0.1) is 12.7 Å². The molecule has 0 radical (unpaired) electrons. The summed E-state index contributed by atoms with van der Waals surface area (Å²) in [5.74, 6) is -0.735. The van der Waals surface area contributed by atoms with Crippen LogP contribution in [0.25, 0.3) is 0 Å². The van der Waals surface area contributed by atoms with Gasteiger partial charge in [0.15, 0.2) is 11.6 Å². The lowest BCUT2D eigenvalue weighted by Gasteiger charge is -2.34.